The van der Waals surface area contributed by atoms with Crippen LogP contribution in [0.15, 0.2) is 60.8 Å². The van der Waals surface area contributed by atoms with Crippen LogP contribution < -0.4 is 5.73 Å². The number of amides is 1. The van der Waals surface area contributed by atoms with Gasteiger partial charge in [0.25, 0.3) is 11.6 Å². The Morgan fingerprint density at radius 2 is 1.86 bits per heavy atom. The molecule has 0 fully saturated rings. The predicted octanol–water partition coefficient (Wildman–Crippen LogP) is 3.32. The van der Waals surface area contributed by atoms with Crippen LogP contribution in [-0.2, 0) is 6.42 Å². The minimum Gasteiger partial charge on any atom is -0.365 e. The number of hydrogen-bond acceptors (Lipinski definition) is 5. The highest BCUT2D eigenvalue weighted by atomic mass is 19.1. The van der Waals surface area contributed by atoms with Gasteiger partial charge in [0.1, 0.15) is 11.4 Å². The van der Waals surface area contributed by atoms with Crippen molar-refractivity contribution >= 4 is 17.4 Å². The number of nitrogens with zero attached hydrogens (tertiary/aromatic N) is 2. The Morgan fingerprint density at radius 1 is 1.11 bits per heavy atom. The first-order valence-corrected chi connectivity index (χ1v) is 8.18. The molecule has 1 amide bonds. The van der Waals surface area contributed by atoms with Gasteiger partial charge in [0.15, 0.2) is 5.78 Å². The molecule has 0 radical (unpaired) electrons. The topological polar surface area (TPSA) is 116 Å². The number of Topliss-reactive ketones (excluding diaryl/α,β-unsaturated/α-hetero) is 1. The highest BCUT2D eigenvalue weighted by molar-refractivity contribution is 6.02. The molecular weight excluding hydrogens is 365 g/mol. The van der Waals surface area contributed by atoms with Crippen molar-refractivity contribution in [2.45, 2.75) is 6.42 Å². The van der Waals surface area contributed by atoms with E-state index in [1.54, 1.807) is 30.3 Å². The molecule has 0 bridgehead atoms. The maximum absolute atomic E-state index is 13.8. The fourth-order valence-electron chi connectivity index (χ4n) is 2.71. The summed E-state index contributed by atoms with van der Waals surface area (Å²) in [5, 5.41) is 11.1. The van der Waals surface area contributed by atoms with E-state index in [1.807, 2.05) is 0 Å². The van der Waals surface area contributed by atoms with Crippen molar-refractivity contribution in [3.05, 3.63) is 93.4 Å². The largest absolute Gasteiger partial charge is 0.365 e. The summed E-state index contributed by atoms with van der Waals surface area (Å²) in [7, 11) is 0. The van der Waals surface area contributed by atoms with Gasteiger partial charge in [-0.2, -0.15) is 0 Å². The van der Waals surface area contributed by atoms with Crippen molar-refractivity contribution in [2.24, 2.45) is 5.73 Å². The van der Waals surface area contributed by atoms with Gasteiger partial charge < -0.3 is 5.73 Å². The van der Waals surface area contributed by atoms with E-state index in [0.717, 1.165) is 12.1 Å². The number of pyridine rings is 1. The lowest BCUT2D eigenvalue weighted by molar-refractivity contribution is -0.385. The third kappa shape index (κ3) is 3.90. The first kappa shape index (κ1) is 18.8. The average molecular weight is 379 g/mol. The number of primary amides is 1. The minimum atomic E-state index is -0.946. The Hall–Kier alpha value is -3.94. The second kappa shape index (κ2) is 7.75. The van der Waals surface area contributed by atoms with Crippen LogP contribution in [0.25, 0.3) is 11.3 Å². The highest BCUT2D eigenvalue weighted by Gasteiger charge is 2.21. The fourth-order valence-corrected chi connectivity index (χ4v) is 2.71. The molecule has 0 aliphatic heterocycles. The Labute approximate surface area is 158 Å². The number of aromatic nitrogens is 1. The molecule has 0 aliphatic rings. The maximum atomic E-state index is 13.8. The van der Waals surface area contributed by atoms with E-state index in [9.17, 15) is 24.1 Å². The Morgan fingerprint density at radius 3 is 2.46 bits per heavy atom. The SMILES string of the molecule is NC(=O)c1ccc(C(=O)Cc2ccc(-c3ccccc3F)nc2)cc1[N+](=O)[O-]. The van der Waals surface area contributed by atoms with Crippen LogP contribution in [0.1, 0.15) is 26.3 Å². The molecule has 0 aliphatic carbocycles. The predicted molar refractivity (Wildman–Crippen MR) is 99.3 cm³/mol. The number of nitro benzene ring substituents is 1. The molecule has 3 aromatic rings. The van der Waals surface area contributed by atoms with Gasteiger partial charge in [-0.15, -0.1) is 0 Å². The van der Waals surface area contributed by atoms with Gasteiger partial charge in [-0.25, -0.2) is 4.39 Å². The van der Waals surface area contributed by atoms with E-state index in [4.69, 9.17) is 5.73 Å². The molecule has 0 atom stereocenters. The molecule has 0 unspecified atom stereocenters. The molecule has 0 saturated heterocycles. The number of nitrogens with two attached hydrogens (primary N) is 1. The van der Waals surface area contributed by atoms with Crippen LogP contribution in [0.4, 0.5) is 10.1 Å². The first-order chi connectivity index (χ1) is 13.4. The lowest BCUT2D eigenvalue weighted by Crippen LogP contribution is -2.14. The summed E-state index contributed by atoms with van der Waals surface area (Å²) in [6, 6.07) is 12.9. The molecule has 0 saturated carbocycles. The van der Waals surface area contributed by atoms with Gasteiger partial charge >= 0.3 is 0 Å². The summed E-state index contributed by atoms with van der Waals surface area (Å²) in [5.74, 6) is -1.74. The quantitative estimate of drug-likeness (QED) is 0.401. The monoisotopic (exact) mass is 379 g/mol. The zero-order valence-electron chi connectivity index (χ0n) is 14.5. The number of rotatable bonds is 6. The number of benzene rings is 2. The molecule has 7 nitrogen and oxygen atoms in total. The molecule has 8 heteroatoms. The number of nitro groups is 1. The molecule has 3 rings (SSSR count). The van der Waals surface area contributed by atoms with Gasteiger partial charge in [0, 0.05) is 29.8 Å². The summed E-state index contributed by atoms with van der Waals surface area (Å²) >= 11 is 0. The summed E-state index contributed by atoms with van der Waals surface area (Å²) in [4.78, 5) is 38.2. The lowest BCUT2D eigenvalue weighted by atomic mass is 10.0. The van der Waals surface area contributed by atoms with E-state index in [-0.39, 0.29) is 23.3 Å². The highest BCUT2D eigenvalue weighted by Crippen LogP contribution is 2.23. The number of carbonyl (C=O) groups excluding carboxylic acids is 2. The molecule has 1 heterocycles. The van der Waals surface area contributed by atoms with Crippen molar-refractivity contribution in [3.63, 3.8) is 0 Å². The molecule has 2 aromatic carbocycles. The lowest BCUT2D eigenvalue weighted by Gasteiger charge is -2.06. The number of carbonyl (C=O) groups is 2. The normalized spacial score (nSPS) is 10.5. The van der Waals surface area contributed by atoms with Crippen molar-refractivity contribution in [1.29, 1.82) is 0 Å². The van der Waals surface area contributed by atoms with Crippen LogP contribution >= 0.6 is 0 Å². The third-order valence-corrected chi connectivity index (χ3v) is 4.12. The number of halogens is 1. The maximum Gasteiger partial charge on any atom is 0.282 e. The van der Waals surface area contributed by atoms with Gasteiger partial charge in [0.2, 0.25) is 0 Å². The van der Waals surface area contributed by atoms with Crippen LogP contribution in [0, 0.1) is 15.9 Å². The summed E-state index contributed by atoms with van der Waals surface area (Å²) in [6.45, 7) is 0. The van der Waals surface area contributed by atoms with Crippen molar-refractivity contribution in [2.75, 3.05) is 0 Å². The summed E-state index contributed by atoms with van der Waals surface area (Å²) in [5.41, 5.74) is 5.74. The van der Waals surface area contributed by atoms with E-state index < -0.39 is 22.3 Å². The molecular formula is C20H14FN3O4. The van der Waals surface area contributed by atoms with E-state index >= 15 is 0 Å². The number of hydrogen-bond donors (Lipinski definition) is 1. The van der Waals surface area contributed by atoms with Gasteiger partial charge in [0.05, 0.1) is 10.6 Å². The standard InChI is InChI=1S/C20H14FN3O4/c21-16-4-2-1-3-14(16)17-8-5-12(11-23-17)9-19(25)13-6-7-15(20(22)26)18(10-13)24(27)28/h1-8,10-11H,9H2,(H2,22,26). The van der Waals surface area contributed by atoms with Crippen molar-refractivity contribution < 1.29 is 18.9 Å². The molecule has 28 heavy (non-hydrogen) atoms. The molecule has 1 aromatic heterocycles. The van der Waals surface area contributed by atoms with Crippen LogP contribution in [-0.4, -0.2) is 21.6 Å². The minimum absolute atomic E-state index is 0.0579. The average Bonchev–Trinajstić information content (AvgIpc) is 2.68. The smallest absolute Gasteiger partial charge is 0.282 e. The first-order valence-electron chi connectivity index (χ1n) is 8.18. The van der Waals surface area contributed by atoms with Gasteiger partial charge in [-0.1, -0.05) is 24.3 Å². The Bertz CT molecular complexity index is 1080. The summed E-state index contributed by atoms with van der Waals surface area (Å²) < 4.78 is 13.8. The molecule has 2 N–H and O–H groups in total. The van der Waals surface area contributed by atoms with Crippen molar-refractivity contribution in [3.8, 4) is 11.3 Å². The second-order valence-electron chi connectivity index (χ2n) is 5.98. The zero-order chi connectivity index (χ0) is 20.3. The molecule has 0 spiro atoms. The van der Waals surface area contributed by atoms with Crippen molar-refractivity contribution in [1.82, 2.24) is 4.98 Å². The van der Waals surface area contributed by atoms with Gasteiger partial charge in [-0.3, -0.25) is 24.7 Å². The van der Waals surface area contributed by atoms with Crippen LogP contribution in [0.5, 0.6) is 0 Å². The van der Waals surface area contributed by atoms with E-state index in [1.165, 1.54) is 18.3 Å². The Balaban J connectivity index is 1.82. The summed E-state index contributed by atoms with van der Waals surface area (Å²) in [6.07, 6.45) is 1.39. The number of ketones is 1. The second-order valence-corrected chi connectivity index (χ2v) is 5.98. The van der Waals surface area contributed by atoms with Crippen LogP contribution in [0.2, 0.25) is 0 Å². The third-order valence-electron chi connectivity index (χ3n) is 4.12. The molecule has 140 valence electrons. The van der Waals surface area contributed by atoms with E-state index in [2.05, 4.69) is 4.98 Å². The van der Waals surface area contributed by atoms with E-state index in [0.29, 0.717) is 16.8 Å². The van der Waals surface area contributed by atoms with Crippen LogP contribution in [0.3, 0.4) is 0 Å². The zero-order valence-corrected chi connectivity index (χ0v) is 14.5. The van der Waals surface area contributed by atoms with Gasteiger partial charge in [-0.05, 0) is 29.8 Å². The Kier molecular flexibility index (Phi) is 5.21. The fraction of sp³-hybridized carbons (Fsp3) is 0.0500.